The molecule has 2 fully saturated rings. The van der Waals surface area contributed by atoms with Gasteiger partial charge in [0.05, 0.1) is 6.61 Å². The maximum atomic E-state index is 5.31. The maximum Gasteiger partial charge on any atom is 0.0589 e. The van der Waals surface area contributed by atoms with Gasteiger partial charge in [0.1, 0.15) is 0 Å². The van der Waals surface area contributed by atoms with Gasteiger partial charge in [0.2, 0.25) is 0 Å². The van der Waals surface area contributed by atoms with Crippen LogP contribution in [0.1, 0.15) is 46.5 Å². The zero-order chi connectivity index (χ0) is 13.2. The van der Waals surface area contributed by atoms with Gasteiger partial charge in [-0.15, -0.1) is 0 Å². The fourth-order valence-electron chi connectivity index (χ4n) is 3.54. The molecule has 1 N–H and O–H groups in total. The molecule has 1 unspecified atom stereocenters. The third kappa shape index (κ3) is 2.89. The first kappa shape index (κ1) is 14.3. The van der Waals surface area contributed by atoms with E-state index in [0.29, 0.717) is 17.0 Å². The van der Waals surface area contributed by atoms with Crippen LogP contribution in [0.4, 0.5) is 0 Å². The van der Waals surface area contributed by atoms with E-state index in [4.69, 9.17) is 4.74 Å². The fraction of sp³-hybridized carbons (Fsp3) is 1.00. The van der Waals surface area contributed by atoms with Crippen LogP contribution in [0.5, 0.6) is 0 Å². The molecule has 1 aliphatic heterocycles. The highest BCUT2D eigenvalue weighted by atomic mass is 16.5. The Labute approximate surface area is 112 Å². The van der Waals surface area contributed by atoms with E-state index in [1.165, 1.54) is 38.8 Å². The van der Waals surface area contributed by atoms with Crippen LogP contribution in [-0.4, -0.2) is 49.8 Å². The molecule has 106 valence electrons. The molecule has 1 saturated carbocycles. The van der Waals surface area contributed by atoms with Gasteiger partial charge >= 0.3 is 0 Å². The highest BCUT2D eigenvalue weighted by Gasteiger charge is 2.45. The van der Waals surface area contributed by atoms with Crippen LogP contribution >= 0.6 is 0 Å². The molecule has 1 heterocycles. The van der Waals surface area contributed by atoms with E-state index in [-0.39, 0.29) is 0 Å². The van der Waals surface area contributed by atoms with Crippen molar-refractivity contribution in [3.05, 3.63) is 0 Å². The Morgan fingerprint density at radius 1 is 1.28 bits per heavy atom. The number of hydrogen-bond acceptors (Lipinski definition) is 3. The van der Waals surface area contributed by atoms with Crippen LogP contribution in [0.25, 0.3) is 0 Å². The lowest BCUT2D eigenvalue weighted by Gasteiger charge is -2.51. The van der Waals surface area contributed by atoms with Gasteiger partial charge in [0.15, 0.2) is 0 Å². The van der Waals surface area contributed by atoms with Crippen molar-refractivity contribution in [2.24, 2.45) is 5.41 Å². The van der Waals surface area contributed by atoms with E-state index in [1.54, 1.807) is 0 Å². The van der Waals surface area contributed by atoms with E-state index >= 15 is 0 Å². The summed E-state index contributed by atoms with van der Waals surface area (Å²) in [5.41, 5.74) is 0.770. The van der Waals surface area contributed by atoms with Gasteiger partial charge in [-0.1, -0.05) is 33.6 Å². The van der Waals surface area contributed by atoms with Gasteiger partial charge in [-0.2, -0.15) is 0 Å². The maximum absolute atomic E-state index is 5.31. The van der Waals surface area contributed by atoms with Gasteiger partial charge in [0.25, 0.3) is 0 Å². The van der Waals surface area contributed by atoms with E-state index < -0.39 is 0 Å². The van der Waals surface area contributed by atoms with E-state index in [0.717, 1.165) is 13.2 Å². The average Bonchev–Trinajstić information content (AvgIpc) is 2.76. The Hall–Kier alpha value is -0.120. The molecule has 2 aliphatic rings. The molecule has 0 radical (unpaired) electrons. The van der Waals surface area contributed by atoms with Crippen LogP contribution in [0.15, 0.2) is 0 Å². The normalized spacial score (nSPS) is 29.0. The SMILES string of the molecule is COCCN1CC(C(C)(C)C)NCC12CCCC2. The number of nitrogens with zero attached hydrogens (tertiary/aromatic N) is 1. The van der Waals surface area contributed by atoms with Crippen molar-refractivity contribution in [2.45, 2.75) is 58.0 Å². The third-order valence-electron chi connectivity index (χ3n) is 4.90. The van der Waals surface area contributed by atoms with Gasteiger partial charge in [-0.25, -0.2) is 0 Å². The minimum absolute atomic E-state index is 0.339. The van der Waals surface area contributed by atoms with Gasteiger partial charge < -0.3 is 10.1 Å². The van der Waals surface area contributed by atoms with Crippen LogP contribution in [0.3, 0.4) is 0 Å². The largest absolute Gasteiger partial charge is 0.383 e. The topological polar surface area (TPSA) is 24.5 Å². The predicted octanol–water partition coefficient (Wildman–Crippen LogP) is 2.27. The van der Waals surface area contributed by atoms with E-state index in [2.05, 4.69) is 31.0 Å². The number of nitrogens with one attached hydrogen (secondary N) is 1. The molecule has 18 heavy (non-hydrogen) atoms. The second kappa shape index (κ2) is 5.48. The minimum Gasteiger partial charge on any atom is -0.383 e. The zero-order valence-corrected chi connectivity index (χ0v) is 12.6. The second-order valence-electron chi connectivity index (χ2n) is 7.17. The lowest BCUT2D eigenvalue weighted by Crippen LogP contribution is -2.66. The van der Waals surface area contributed by atoms with Crippen molar-refractivity contribution in [2.75, 3.05) is 33.4 Å². The van der Waals surface area contributed by atoms with Crippen LogP contribution < -0.4 is 5.32 Å². The van der Waals surface area contributed by atoms with Crippen molar-refractivity contribution in [1.29, 1.82) is 0 Å². The smallest absolute Gasteiger partial charge is 0.0589 e. The Kier molecular flexibility index (Phi) is 4.35. The molecule has 0 amide bonds. The van der Waals surface area contributed by atoms with Gasteiger partial charge in [-0.05, 0) is 18.3 Å². The van der Waals surface area contributed by atoms with Gasteiger partial charge in [0, 0.05) is 38.3 Å². The Morgan fingerprint density at radius 3 is 2.50 bits per heavy atom. The lowest BCUT2D eigenvalue weighted by molar-refractivity contribution is 0.00124. The molecular formula is C15H30N2O. The molecule has 3 nitrogen and oxygen atoms in total. The summed E-state index contributed by atoms with van der Waals surface area (Å²) in [6, 6.07) is 0.598. The van der Waals surface area contributed by atoms with E-state index in [1.807, 2.05) is 7.11 Å². The summed E-state index contributed by atoms with van der Waals surface area (Å²) < 4.78 is 5.31. The van der Waals surface area contributed by atoms with E-state index in [9.17, 15) is 0 Å². The first-order chi connectivity index (χ1) is 8.48. The van der Waals surface area contributed by atoms with Crippen LogP contribution in [-0.2, 0) is 4.74 Å². The summed E-state index contributed by atoms with van der Waals surface area (Å²) in [4.78, 5) is 2.72. The highest BCUT2D eigenvalue weighted by Crippen LogP contribution is 2.38. The number of ether oxygens (including phenoxy) is 1. The quantitative estimate of drug-likeness (QED) is 0.836. The van der Waals surface area contributed by atoms with Crippen molar-refractivity contribution in [3.8, 4) is 0 Å². The Morgan fingerprint density at radius 2 is 1.94 bits per heavy atom. The zero-order valence-electron chi connectivity index (χ0n) is 12.6. The molecule has 1 saturated heterocycles. The molecule has 1 aliphatic carbocycles. The third-order valence-corrected chi connectivity index (χ3v) is 4.90. The van der Waals surface area contributed by atoms with Crippen molar-refractivity contribution in [3.63, 3.8) is 0 Å². The molecule has 1 atom stereocenters. The van der Waals surface area contributed by atoms with Crippen LogP contribution in [0, 0.1) is 5.41 Å². The number of rotatable bonds is 3. The molecule has 2 rings (SSSR count). The number of piperazine rings is 1. The van der Waals surface area contributed by atoms with Crippen molar-refractivity contribution < 1.29 is 4.74 Å². The van der Waals surface area contributed by atoms with Crippen molar-refractivity contribution in [1.82, 2.24) is 10.2 Å². The molecule has 0 bridgehead atoms. The Balaban J connectivity index is 2.05. The molecule has 1 spiro atoms. The van der Waals surface area contributed by atoms with Gasteiger partial charge in [-0.3, -0.25) is 4.90 Å². The summed E-state index contributed by atoms with van der Waals surface area (Å²) in [7, 11) is 1.81. The first-order valence-electron chi connectivity index (χ1n) is 7.45. The summed E-state index contributed by atoms with van der Waals surface area (Å²) in [6.07, 6.45) is 5.51. The van der Waals surface area contributed by atoms with Crippen LogP contribution in [0.2, 0.25) is 0 Å². The molecular weight excluding hydrogens is 224 g/mol. The molecule has 0 aromatic heterocycles. The summed E-state index contributed by atoms with van der Waals surface area (Å²) in [5.74, 6) is 0. The Bertz CT molecular complexity index is 266. The average molecular weight is 254 g/mol. The minimum atomic E-state index is 0.339. The summed E-state index contributed by atoms with van der Waals surface area (Å²) in [5, 5.41) is 3.82. The number of hydrogen-bond donors (Lipinski definition) is 1. The monoisotopic (exact) mass is 254 g/mol. The molecule has 0 aromatic rings. The molecule has 3 heteroatoms. The van der Waals surface area contributed by atoms with Crippen molar-refractivity contribution >= 4 is 0 Å². The standard InChI is InChI=1S/C15H30N2O/c1-14(2,3)13-11-17(9-10-18-4)15(12-16-13)7-5-6-8-15/h13,16H,5-12H2,1-4H3. The second-order valence-corrected chi connectivity index (χ2v) is 7.17. The first-order valence-corrected chi connectivity index (χ1v) is 7.45. The predicted molar refractivity (Wildman–Crippen MR) is 75.9 cm³/mol. The summed E-state index contributed by atoms with van der Waals surface area (Å²) >= 11 is 0. The number of methoxy groups -OCH3 is 1. The fourth-order valence-corrected chi connectivity index (χ4v) is 3.54. The summed E-state index contributed by atoms with van der Waals surface area (Å²) in [6.45, 7) is 11.3. The highest BCUT2D eigenvalue weighted by molar-refractivity contribution is 5.03. The molecule has 0 aromatic carbocycles. The lowest BCUT2D eigenvalue weighted by atomic mass is 9.81.